The summed E-state index contributed by atoms with van der Waals surface area (Å²) in [6.07, 6.45) is -0.907. The molecule has 0 radical (unpaired) electrons. The Morgan fingerprint density at radius 2 is 1.80 bits per heavy atom. The Morgan fingerprint density at radius 3 is 2.52 bits per heavy atom. The van der Waals surface area contributed by atoms with E-state index in [1.807, 2.05) is 31.2 Å². The van der Waals surface area contributed by atoms with Gasteiger partial charge in [0.05, 0.1) is 6.42 Å². The second-order valence-corrected chi connectivity index (χ2v) is 5.97. The third kappa shape index (κ3) is 3.60. The van der Waals surface area contributed by atoms with Crippen molar-refractivity contribution in [1.29, 1.82) is 0 Å². The molecule has 0 unspecified atom stereocenters. The van der Waals surface area contributed by atoms with Crippen LogP contribution in [-0.2, 0) is 16.0 Å². The number of fused-ring (bicyclic) bond motifs is 1. The number of aromatic nitrogens is 1. The molecule has 25 heavy (non-hydrogen) atoms. The number of carbonyl (C=O) groups is 2. The highest BCUT2D eigenvalue weighted by atomic mass is 19.1. The van der Waals surface area contributed by atoms with Crippen LogP contribution in [0, 0.1) is 12.7 Å². The van der Waals surface area contributed by atoms with Gasteiger partial charge in [0.25, 0.3) is 0 Å². The van der Waals surface area contributed by atoms with E-state index >= 15 is 0 Å². The molecule has 3 rings (SSSR count). The Morgan fingerprint density at radius 1 is 1.12 bits per heavy atom. The summed E-state index contributed by atoms with van der Waals surface area (Å²) < 4.78 is 18.2. The lowest BCUT2D eigenvalue weighted by atomic mass is 10.0. The van der Waals surface area contributed by atoms with E-state index in [9.17, 15) is 14.0 Å². The normalized spacial score (nSPS) is 12.1. The molecule has 0 bridgehead atoms. The molecule has 2 aromatic carbocycles. The van der Waals surface area contributed by atoms with Crippen LogP contribution in [0.1, 0.15) is 28.5 Å². The van der Waals surface area contributed by atoms with Gasteiger partial charge in [-0.1, -0.05) is 30.3 Å². The second-order valence-electron chi connectivity index (χ2n) is 5.97. The van der Waals surface area contributed by atoms with Gasteiger partial charge in [-0.15, -0.1) is 0 Å². The molecule has 1 N–H and O–H groups in total. The number of ketones is 1. The second kappa shape index (κ2) is 6.89. The number of para-hydroxylation sites is 1. The number of Topliss-reactive ketones (excluding diaryl/α,β-unsaturated/α-hetero) is 1. The molecule has 0 saturated carbocycles. The Labute approximate surface area is 144 Å². The molecule has 0 aliphatic rings. The van der Waals surface area contributed by atoms with Crippen LogP contribution in [0.4, 0.5) is 4.39 Å². The summed E-state index contributed by atoms with van der Waals surface area (Å²) in [5, 5.41) is 0.812. The van der Waals surface area contributed by atoms with Gasteiger partial charge in [0.2, 0.25) is 5.78 Å². The van der Waals surface area contributed by atoms with Crippen LogP contribution >= 0.6 is 0 Å². The zero-order chi connectivity index (χ0) is 18.0. The number of aromatic amines is 1. The van der Waals surface area contributed by atoms with Crippen LogP contribution in [0.2, 0.25) is 0 Å². The van der Waals surface area contributed by atoms with Crippen LogP contribution in [0.3, 0.4) is 0 Å². The van der Waals surface area contributed by atoms with Crippen molar-refractivity contribution in [1.82, 2.24) is 4.98 Å². The highest BCUT2D eigenvalue weighted by molar-refractivity contribution is 6.11. The molecule has 3 aromatic rings. The number of hydrogen-bond acceptors (Lipinski definition) is 3. The zero-order valence-corrected chi connectivity index (χ0v) is 14.0. The number of carbonyl (C=O) groups excluding carboxylic acids is 2. The van der Waals surface area contributed by atoms with Crippen molar-refractivity contribution in [2.24, 2.45) is 0 Å². The van der Waals surface area contributed by atoms with E-state index in [2.05, 4.69) is 4.98 Å². The third-order valence-corrected chi connectivity index (χ3v) is 4.08. The van der Waals surface area contributed by atoms with E-state index in [1.54, 1.807) is 6.92 Å². The number of benzene rings is 2. The SMILES string of the molecule is Cc1[nH]c2ccccc2c1C(=O)[C@H](C)OC(=O)Cc1ccc(F)cc1. The van der Waals surface area contributed by atoms with Gasteiger partial charge in [0, 0.05) is 22.2 Å². The molecule has 0 aliphatic carbocycles. The van der Waals surface area contributed by atoms with Crippen molar-refractivity contribution in [2.45, 2.75) is 26.4 Å². The fourth-order valence-electron chi connectivity index (χ4n) is 2.86. The maximum absolute atomic E-state index is 12.9. The summed E-state index contributed by atoms with van der Waals surface area (Å²) in [6.45, 7) is 3.38. The minimum atomic E-state index is -0.897. The molecular formula is C20H18FNO3. The van der Waals surface area contributed by atoms with Crippen molar-refractivity contribution in [3.63, 3.8) is 0 Å². The fraction of sp³-hybridized carbons (Fsp3) is 0.200. The quantitative estimate of drug-likeness (QED) is 0.565. The van der Waals surface area contributed by atoms with Crippen LogP contribution in [0.5, 0.6) is 0 Å². The highest BCUT2D eigenvalue weighted by Gasteiger charge is 2.24. The molecule has 1 heterocycles. The fourth-order valence-corrected chi connectivity index (χ4v) is 2.86. The summed E-state index contributed by atoms with van der Waals surface area (Å²) in [7, 11) is 0. The van der Waals surface area contributed by atoms with Crippen LogP contribution in [-0.4, -0.2) is 22.8 Å². The monoisotopic (exact) mass is 339 g/mol. The standard InChI is InChI=1S/C20H18FNO3/c1-12-19(16-5-3-4-6-17(16)22-12)20(24)13(2)25-18(23)11-14-7-9-15(21)10-8-14/h3-10,13,22H,11H2,1-2H3/t13-/m0/s1. The van der Waals surface area contributed by atoms with Crippen molar-refractivity contribution < 1.29 is 18.7 Å². The smallest absolute Gasteiger partial charge is 0.310 e. The van der Waals surface area contributed by atoms with E-state index in [1.165, 1.54) is 24.3 Å². The number of aryl methyl sites for hydroxylation is 1. The van der Waals surface area contributed by atoms with Gasteiger partial charge < -0.3 is 9.72 Å². The molecular weight excluding hydrogens is 321 g/mol. The van der Waals surface area contributed by atoms with Gasteiger partial charge in [0.15, 0.2) is 6.10 Å². The number of ether oxygens (including phenoxy) is 1. The van der Waals surface area contributed by atoms with Gasteiger partial charge in [-0.05, 0) is 37.6 Å². The Balaban J connectivity index is 1.72. The van der Waals surface area contributed by atoms with Crippen molar-refractivity contribution in [2.75, 3.05) is 0 Å². The number of H-pyrrole nitrogens is 1. The maximum atomic E-state index is 12.9. The molecule has 0 aliphatic heterocycles. The Kier molecular flexibility index (Phi) is 4.65. The predicted octanol–water partition coefficient (Wildman–Crippen LogP) is 3.97. The predicted molar refractivity (Wildman–Crippen MR) is 93.0 cm³/mol. The van der Waals surface area contributed by atoms with Gasteiger partial charge >= 0.3 is 5.97 Å². The third-order valence-electron chi connectivity index (χ3n) is 4.08. The topological polar surface area (TPSA) is 59.2 Å². The number of hydrogen-bond donors (Lipinski definition) is 1. The molecule has 1 aromatic heterocycles. The average molecular weight is 339 g/mol. The number of nitrogens with one attached hydrogen (secondary N) is 1. The Hall–Kier alpha value is -2.95. The molecule has 0 fully saturated rings. The summed E-state index contributed by atoms with van der Waals surface area (Å²) in [6, 6.07) is 13.1. The molecule has 5 heteroatoms. The first-order valence-corrected chi connectivity index (χ1v) is 8.01. The zero-order valence-electron chi connectivity index (χ0n) is 14.0. The number of rotatable bonds is 5. The maximum Gasteiger partial charge on any atom is 0.310 e. The minimum Gasteiger partial charge on any atom is -0.454 e. The largest absolute Gasteiger partial charge is 0.454 e. The van der Waals surface area contributed by atoms with Crippen molar-refractivity contribution in [3.8, 4) is 0 Å². The van der Waals surface area contributed by atoms with E-state index in [0.29, 0.717) is 11.1 Å². The van der Waals surface area contributed by atoms with Gasteiger partial charge in [0.1, 0.15) is 5.82 Å². The molecule has 0 spiro atoms. The van der Waals surface area contributed by atoms with E-state index in [0.717, 1.165) is 16.6 Å². The summed E-state index contributed by atoms with van der Waals surface area (Å²) in [5.74, 6) is -1.14. The summed E-state index contributed by atoms with van der Waals surface area (Å²) in [5.41, 5.74) is 2.79. The lowest BCUT2D eigenvalue weighted by Crippen LogP contribution is -2.25. The van der Waals surface area contributed by atoms with E-state index in [4.69, 9.17) is 4.74 Å². The molecule has 0 saturated heterocycles. The van der Waals surface area contributed by atoms with E-state index < -0.39 is 12.1 Å². The molecule has 1 atom stereocenters. The Bertz CT molecular complexity index is 928. The minimum absolute atomic E-state index is 0.00916. The first kappa shape index (κ1) is 16.9. The van der Waals surface area contributed by atoms with E-state index in [-0.39, 0.29) is 18.0 Å². The average Bonchev–Trinajstić information content (AvgIpc) is 2.91. The van der Waals surface area contributed by atoms with Gasteiger partial charge in [-0.25, -0.2) is 4.39 Å². The van der Waals surface area contributed by atoms with Crippen LogP contribution in [0.25, 0.3) is 10.9 Å². The van der Waals surface area contributed by atoms with Gasteiger partial charge in [-0.3, -0.25) is 9.59 Å². The molecule has 128 valence electrons. The van der Waals surface area contributed by atoms with Crippen molar-refractivity contribution in [3.05, 3.63) is 71.2 Å². The molecule has 4 nitrogen and oxygen atoms in total. The number of halogens is 1. The van der Waals surface area contributed by atoms with Crippen molar-refractivity contribution >= 4 is 22.7 Å². The molecule has 0 amide bonds. The van der Waals surface area contributed by atoms with Gasteiger partial charge in [-0.2, -0.15) is 0 Å². The van der Waals surface area contributed by atoms with Crippen LogP contribution < -0.4 is 0 Å². The highest BCUT2D eigenvalue weighted by Crippen LogP contribution is 2.24. The lowest BCUT2D eigenvalue weighted by Gasteiger charge is -2.12. The first-order valence-electron chi connectivity index (χ1n) is 8.01. The number of esters is 1. The van der Waals surface area contributed by atoms with Crippen LogP contribution in [0.15, 0.2) is 48.5 Å². The lowest BCUT2D eigenvalue weighted by molar-refractivity contribution is -0.145. The summed E-state index contributed by atoms with van der Waals surface area (Å²) in [4.78, 5) is 27.9. The first-order chi connectivity index (χ1) is 12.0. The summed E-state index contributed by atoms with van der Waals surface area (Å²) >= 11 is 0.